The number of rotatable bonds is 5. The van der Waals surface area contributed by atoms with Gasteiger partial charge in [-0.1, -0.05) is 48.0 Å². The Morgan fingerprint density at radius 2 is 1.86 bits per heavy atom. The standard InChI is InChI=1S/C21H19ClN4O3/c1-14-8-9-16(20(27)29-12-15-6-4-3-5-7-15)10-17(14)25-21(28)26(2)19-11-18(22)23-13-24-19/h3-11,13H,12H2,1-2H3,(H,25,28). The van der Waals surface area contributed by atoms with Crippen molar-refractivity contribution in [3.8, 4) is 0 Å². The van der Waals surface area contributed by atoms with Crippen LogP contribution in [-0.4, -0.2) is 29.0 Å². The smallest absolute Gasteiger partial charge is 0.338 e. The van der Waals surface area contributed by atoms with E-state index < -0.39 is 12.0 Å². The highest BCUT2D eigenvalue weighted by Gasteiger charge is 2.16. The maximum atomic E-state index is 12.6. The zero-order valence-corrected chi connectivity index (χ0v) is 16.7. The minimum atomic E-state index is -0.472. The van der Waals surface area contributed by atoms with Gasteiger partial charge in [-0.2, -0.15) is 0 Å². The Labute approximate surface area is 173 Å². The third-order valence-electron chi connectivity index (χ3n) is 4.20. The molecule has 2 aromatic carbocycles. The lowest BCUT2D eigenvalue weighted by molar-refractivity contribution is 0.0472. The lowest BCUT2D eigenvalue weighted by Gasteiger charge is -2.18. The molecule has 1 heterocycles. The summed E-state index contributed by atoms with van der Waals surface area (Å²) in [5.74, 6) is -0.126. The first kappa shape index (κ1) is 20.3. The second-order valence-electron chi connectivity index (χ2n) is 6.28. The fourth-order valence-electron chi connectivity index (χ4n) is 2.50. The SMILES string of the molecule is Cc1ccc(C(=O)OCc2ccccc2)cc1NC(=O)N(C)c1cc(Cl)ncn1. The zero-order chi connectivity index (χ0) is 20.8. The van der Waals surface area contributed by atoms with E-state index in [1.54, 1.807) is 25.2 Å². The van der Waals surface area contributed by atoms with Crippen molar-refractivity contribution in [2.45, 2.75) is 13.5 Å². The Kier molecular flexibility index (Phi) is 6.41. The number of aromatic nitrogens is 2. The topological polar surface area (TPSA) is 84.4 Å². The van der Waals surface area contributed by atoms with Gasteiger partial charge in [-0.3, -0.25) is 4.90 Å². The van der Waals surface area contributed by atoms with Gasteiger partial charge in [0.15, 0.2) is 0 Å². The molecular weight excluding hydrogens is 392 g/mol. The van der Waals surface area contributed by atoms with Crippen molar-refractivity contribution in [1.29, 1.82) is 0 Å². The molecule has 0 saturated heterocycles. The molecule has 0 fully saturated rings. The normalized spacial score (nSPS) is 10.3. The summed E-state index contributed by atoms with van der Waals surface area (Å²) in [5.41, 5.74) is 2.53. The number of nitrogens with one attached hydrogen (secondary N) is 1. The van der Waals surface area contributed by atoms with E-state index in [-0.39, 0.29) is 11.8 Å². The third-order valence-corrected chi connectivity index (χ3v) is 4.40. The van der Waals surface area contributed by atoms with E-state index in [1.807, 2.05) is 37.3 Å². The molecule has 148 valence electrons. The van der Waals surface area contributed by atoms with Crippen molar-refractivity contribution >= 4 is 35.1 Å². The summed E-state index contributed by atoms with van der Waals surface area (Å²) in [5, 5.41) is 3.00. The molecule has 8 heteroatoms. The van der Waals surface area contributed by atoms with Crippen molar-refractivity contribution < 1.29 is 14.3 Å². The predicted molar refractivity (Wildman–Crippen MR) is 111 cm³/mol. The van der Waals surface area contributed by atoms with Crippen LogP contribution in [0.3, 0.4) is 0 Å². The number of aryl methyl sites for hydroxylation is 1. The maximum Gasteiger partial charge on any atom is 0.338 e. The molecule has 7 nitrogen and oxygen atoms in total. The van der Waals surface area contributed by atoms with Crippen molar-refractivity contribution in [2.24, 2.45) is 0 Å². The largest absolute Gasteiger partial charge is 0.457 e. The summed E-state index contributed by atoms with van der Waals surface area (Å²) in [6.07, 6.45) is 1.27. The van der Waals surface area contributed by atoms with Crippen LogP contribution in [0.15, 0.2) is 60.9 Å². The molecule has 2 amide bonds. The molecule has 0 aliphatic heterocycles. The summed E-state index contributed by atoms with van der Waals surface area (Å²) in [6, 6.07) is 15.4. The highest BCUT2D eigenvalue weighted by Crippen LogP contribution is 2.20. The number of urea groups is 1. The number of carbonyl (C=O) groups excluding carboxylic acids is 2. The highest BCUT2D eigenvalue weighted by atomic mass is 35.5. The number of nitrogens with zero attached hydrogens (tertiary/aromatic N) is 3. The second-order valence-corrected chi connectivity index (χ2v) is 6.67. The second kappa shape index (κ2) is 9.16. The monoisotopic (exact) mass is 410 g/mol. The van der Waals surface area contributed by atoms with Crippen molar-refractivity contribution in [3.63, 3.8) is 0 Å². The summed E-state index contributed by atoms with van der Waals surface area (Å²) in [4.78, 5) is 34.1. The molecule has 0 unspecified atom stereocenters. The van der Waals surface area contributed by atoms with Crippen LogP contribution in [-0.2, 0) is 11.3 Å². The van der Waals surface area contributed by atoms with Crippen molar-refractivity contribution in [3.05, 3.63) is 82.8 Å². The fraction of sp³-hybridized carbons (Fsp3) is 0.143. The zero-order valence-electron chi connectivity index (χ0n) is 15.9. The van der Waals surface area contributed by atoms with Crippen molar-refractivity contribution in [2.75, 3.05) is 17.3 Å². The molecule has 1 aromatic heterocycles. The molecular formula is C21H19ClN4O3. The van der Waals surface area contributed by atoms with Crippen LogP contribution in [0, 0.1) is 6.92 Å². The van der Waals surface area contributed by atoms with E-state index in [9.17, 15) is 9.59 Å². The quantitative estimate of drug-likeness (QED) is 0.495. The van der Waals surface area contributed by atoms with Crippen LogP contribution in [0.4, 0.5) is 16.3 Å². The first-order chi connectivity index (χ1) is 13.9. The first-order valence-electron chi connectivity index (χ1n) is 8.78. The molecule has 1 N–H and O–H groups in total. The number of ether oxygens (including phenoxy) is 1. The van der Waals surface area contributed by atoms with Gasteiger partial charge in [0, 0.05) is 18.8 Å². The average molecular weight is 411 g/mol. The summed E-state index contributed by atoms with van der Waals surface area (Å²) < 4.78 is 5.35. The first-order valence-corrected chi connectivity index (χ1v) is 9.16. The lowest BCUT2D eigenvalue weighted by atomic mass is 10.1. The van der Waals surface area contributed by atoms with Gasteiger partial charge < -0.3 is 10.1 Å². The van der Waals surface area contributed by atoms with Gasteiger partial charge in [-0.15, -0.1) is 0 Å². The summed E-state index contributed by atoms with van der Waals surface area (Å²) in [6.45, 7) is 2.00. The maximum absolute atomic E-state index is 12.6. The van der Waals surface area contributed by atoms with Crippen LogP contribution in [0.1, 0.15) is 21.5 Å². The number of benzene rings is 2. The van der Waals surface area contributed by atoms with Crippen LogP contribution < -0.4 is 10.2 Å². The minimum Gasteiger partial charge on any atom is -0.457 e. The van der Waals surface area contributed by atoms with E-state index >= 15 is 0 Å². The fourth-order valence-corrected chi connectivity index (χ4v) is 2.64. The molecule has 29 heavy (non-hydrogen) atoms. The van der Waals surface area contributed by atoms with E-state index in [1.165, 1.54) is 17.3 Å². The Bertz CT molecular complexity index is 1030. The Hall–Kier alpha value is -3.45. The third kappa shape index (κ3) is 5.30. The van der Waals surface area contributed by atoms with E-state index in [0.29, 0.717) is 17.1 Å². The van der Waals surface area contributed by atoms with Crippen molar-refractivity contribution in [1.82, 2.24) is 9.97 Å². The molecule has 0 aliphatic rings. The Morgan fingerprint density at radius 1 is 1.10 bits per heavy atom. The lowest BCUT2D eigenvalue weighted by Crippen LogP contribution is -2.32. The molecule has 3 aromatic rings. The van der Waals surface area contributed by atoms with Crippen LogP contribution in [0.2, 0.25) is 5.15 Å². The number of anilines is 2. The summed E-state index contributed by atoms with van der Waals surface area (Å²) in [7, 11) is 1.56. The number of halogens is 1. The van der Waals surface area contributed by atoms with Crippen LogP contribution in [0.5, 0.6) is 0 Å². The molecule has 0 saturated carbocycles. The molecule has 0 atom stereocenters. The number of amides is 2. The van der Waals surface area contributed by atoms with Gasteiger partial charge in [-0.25, -0.2) is 19.6 Å². The van der Waals surface area contributed by atoms with E-state index in [0.717, 1.165) is 11.1 Å². The van der Waals surface area contributed by atoms with E-state index in [2.05, 4.69) is 15.3 Å². The molecule has 0 radical (unpaired) electrons. The molecule has 3 rings (SSSR count). The Morgan fingerprint density at radius 3 is 2.59 bits per heavy atom. The van der Waals surface area contributed by atoms with Gasteiger partial charge in [0.1, 0.15) is 23.9 Å². The van der Waals surface area contributed by atoms with Gasteiger partial charge >= 0.3 is 12.0 Å². The molecule has 0 aliphatic carbocycles. The predicted octanol–water partition coefficient (Wildman–Crippen LogP) is 4.46. The van der Waals surface area contributed by atoms with Crippen LogP contribution >= 0.6 is 11.6 Å². The minimum absolute atomic E-state index is 0.173. The van der Waals surface area contributed by atoms with E-state index in [4.69, 9.17) is 16.3 Å². The van der Waals surface area contributed by atoms with Gasteiger partial charge in [0.2, 0.25) is 0 Å². The van der Waals surface area contributed by atoms with Gasteiger partial charge in [0.05, 0.1) is 5.56 Å². The number of hydrogen-bond donors (Lipinski definition) is 1. The van der Waals surface area contributed by atoms with Crippen LogP contribution in [0.25, 0.3) is 0 Å². The number of esters is 1. The number of carbonyl (C=O) groups is 2. The van der Waals surface area contributed by atoms with Gasteiger partial charge in [0.25, 0.3) is 0 Å². The molecule has 0 spiro atoms. The number of hydrogen-bond acceptors (Lipinski definition) is 5. The van der Waals surface area contributed by atoms with Gasteiger partial charge in [-0.05, 0) is 30.2 Å². The average Bonchev–Trinajstić information content (AvgIpc) is 2.73. The summed E-state index contributed by atoms with van der Waals surface area (Å²) >= 11 is 5.85. The Balaban J connectivity index is 1.69. The molecule has 0 bridgehead atoms. The highest BCUT2D eigenvalue weighted by molar-refractivity contribution is 6.29.